The lowest BCUT2D eigenvalue weighted by Crippen LogP contribution is -2.51. The maximum atomic E-state index is 12.2. The van der Waals surface area contributed by atoms with Crippen molar-refractivity contribution in [2.24, 2.45) is 0 Å². The lowest BCUT2D eigenvalue weighted by molar-refractivity contribution is -0.0820. The molecule has 148 valence electrons. The van der Waals surface area contributed by atoms with E-state index < -0.39 is 50.2 Å². The Bertz CT molecular complexity index is 736. The summed E-state index contributed by atoms with van der Waals surface area (Å²) >= 11 is 0. The summed E-state index contributed by atoms with van der Waals surface area (Å²) in [5.41, 5.74) is -1.08. The number of aliphatic hydroxyl groups excluding tert-OH is 1. The first-order valence-corrected chi connectivity index (χ1v) is 11.7. The molecule has 5 atom stereocenters. The summed E-state index contributed by atoms with van der Waals surface area (Å²) in [5.74, 6) is 0. The molecule has 2 N–H and O–H groups in total. The minimum absolute atomic E-state index is 0.0402. The summed E-state index contributed by atoms with van der Waals surface area (Å²) in [6.45, 7) is 12.2. The molecule has 2 rings (SSSR count). The normalized spacial score (nSPS) is 28.3. The van der Waals surface area contributed by atoms with E-state index in [1.165, 1.54) is 23.9 Å². The van der Waals surface area contributed by atoms with Gasteiger partial charge in [0.25, 0.3) is 5.56 Å². The van der Waals surface area contributed by atoms with Crippen LogP contribution in [-0.4, -0.2) is 54.5 Å². The molecule has 1 aliphatic rings. The highest BCUT2D eigenvalue weighted by molar-refractivity contribution is 6.74. The Morgan fingerprint density at radius 3 is 2.38 bits per heavy atom. The molecule has 0 aromatic carbocycles. The van der Waals surface area contributed by atoms with E-state index in [9.17, 15) is 14.7 Å². The van der Waals surface area contributed by atoms with Gasteiger partial charge in [-0.1, -0.05) is 20.8 Å². The van der Waals surface area contributed by atoms with E-state index in [0.29, 0.717) is 0 Å². The van der Waals surface area contributed by atoms with Crippen LogP contribution >= 0.6 is 0 Å². The van der Waals surface area contributed by atoms with Gasteiger partial charge >= 0.3 is 5.69 Å². The van der Waals surface area contributed by atoms with Gasteiger partial charge in [-0.05, 0) is 25.1 Å². The number of nitrogens with one attached hydrogen (secondary N) is 1. The van der Waals surface area contributed by atoms with Gasteiger partial charge in [-0.3, -0.25) is 14.3 Å². The van der Waals surface area contributed by atoms with Gasteiger partial charge in [0.2, 0.25) is 0 Å². The molecule has 2 heterocycles. The molecule has 1 fully saturated rings. The Morgan fingerprint density at radius 2 is 1.92 bits per heavy atom. The minimum atomic E-state index is -2.19. The average molecular weight is 387 g/mol. The maximum absolute atomic E-state index is 12.2. The fourth-order valence-electron chi connectivity index (χ4n) is 2.81. The van der Waals surface area contributed by atoms with Gasteiger partial charge in [0, 0.05) is 19.4 Å². The zero-order valence-corrected chi connectivity index (χ0v) is 17.5. The van der Waals surface area contributed by atoms with Gasteiger partial charge < -0.3 is 19.0 Å². The Hall–Kier alpha value is -1.26. The number of aromatic nitrogens is 2. The van der Waals surface area contributed by atoms with Gasteiger partial charge in [0.15, 0.2) is 14.5 Å². The maximum Gasteiger partial charge on any atom is 0.330 e. The molecule has 0 spiro atoms. The summed E-state index contributed by atoms with van der Waals surface area (Å²) in [6, 6.07) is 1.25. The van der Waals surface area contributed by atoms with Gasteiger partial charge in [-0.25, -0.2) is 4.79 Å². The van der Waals surface area contributed by atoms with E-state index in [1.807, 2.05) is 0 Å². The highest BCUT2D eigenvalue weighted by Crippen LogP contribution is 2.42. The van der Waals surface area contributed by atoms with Crippen LogP contribution in [0.5, 0.6) is 0 Å². The molecule has 0 radical (unpaired) electrons. The van der Waals surface area contributed by atoms with Crippen molar-refractivity contribution in [3.8, 4) is 0 Å². The second-order valence-electron chi connectivity index (χ2n) is 8.29. The van der Waals surface area contributed by atoms with Crippen LogP contribution in [0.1, 0.15) is 33.9 Å². The molecule has 0 amide bonds. The molecule has 0 saturated carbocycles. The number of hydrogen-bond acceptors (Lipinski definition) is 6. The number of ether oxygens (including phenoxy) is 2. The van der Waals surface area contributed by atoms with Crippen molar-refractivity contribution in [2.75, 3.05) is 7.11 Å². The minimum Gasteiger partial charge on any atom is -0.408 e. The topological polar surface area (TPSA) is 103 Å². The van der Waals surface area contributed by atoms with Crippen LogP contribution < -0.4 is 11.2 Å². The number of aromatic amines is 1. The van der Waals surface area contributed by atoms with Crippen molar-refractivity contribution < 1.29 is 19.0 Å². The molecule has 1 aromatic rings. The highest BCUT2D eigenvalue weighted by Gasteiger charge is 2.52. The monoisotopic (exact) mass is 386 g/mol. The van der Waals surface area contributed by atoms with Crippen LogP contribution in [-0.2, 0) is 13.9 Å². The van der Waals surface area contributed by atoms with Crippen LogP contribution in [0.3, 0.4) is 0 Å². The second kappa shape index (κ2) is 7.39. The third-order valence-electron chi connectivity index (χ3n) is 5.34. The van der Waals surface area contributed by atoms with Crippen molar-refractivity contribution in [1.82, 2.24) is 9.55 Å². The van der Waals surface area contributed by atoms with Crippen LogP contribution in [0, 0.1) is 0 Å². The fourth-order valence-corrected chi connectivity index (χ4v) is 4.11. The molecule has 0 bridgehead atoms. The van der Waals surface area contributed by atoms with Crippen molar-refractivity contribution >= 4 is 8.32 Å². The Kier molecular flexibility index (Phi) is 5.98. The SMILES string of the molecule is CO[C@H]1C(O[Si](C)(C)C(C)(C)C)[C@@H]([C@@H](C)O)O[C@H]1n1ccc(=O)[nH]c1=O. The van der Waals surface area contributed by atoms with E-state index in [0.717, 1.165) is 0 Å². The number of aliphatic hydroxyl groups is 1. The van der Waals surface area contributed by atoms with Gasteiger partial charge in [-0.15, -0.1) is 0 Å². The van der Waals surface area contributed by atoms with Gasteiger partial charge in [-0.2, -0.15) is 0 Å². The zero-order valence-electron chi connectivity index (χ0n) is 16.5. The summed E-state index contributed by atoms with van der Waals surface area (Å²) in [5, 5.41) is 10.2. The summed E-state index contributed by atoms with van der Waals surface area (Å²) < 4.78 is 19.4. The smallest absolute Gasteiger partial charge is 0.330 e. The summed E-state index contributed by atoms with van der Waals surface area (Å²) in [7, 11) is -0.667. The van der Waals surface area contributed by atoms with E-state index in [2.05, 4.69) is 38.8 Å². The predicted molar refractivity (Wildman–Crippen MR) is 99.8 cm³/mol. The molecule has 8 nitrogen and oxygen atoms in total. The molecular weight excluding hydrogens is 356 g/mol. The average Bonchev–Trinajstić information content (AvgIpc) is 2.83. The lowest BCUT2D eigenvalue weighted by atomic mass is 10.1. The lowest BCUT2D eigenvalue weighted by Gasteiger charge is -2.40. The molecule has 0 aliphatic carbocycles. The first-order valence-electron chi connectivity index (χ1n) is 8.74. The van der Waals surface area contributed by atoms with E-state index >= 15 is 0 Å². The van der Waals surface area contributed by atoms with Crippen LogP contribution in [0.2, 0.25) is 18.1 Å². The molecule has 1 aliphatic heterocycles. The van der Waals surface area contributed by atoms with Crippen LogP contribution in [0.25, 0.3) is 0 Å². The molecule has 9 heteroatoms. The van der Waals surface area contributed by atoms with E-state index in [4.69, 9.17) is 13.9 Å². The zero-order chi connectivity index (χ0) is 19.9. The first kappa shape index (κ1) is 21.0. The Labute approximate surface area is 154 Å². The van der Waals surface area contributed by atoms with Crippen molar-refractivity contribution in [1.29, 1.82) is 0 Å². The molecule has 1 aromatic heterocycles. The van der Waals surface area contributed by atoms with Crippen molar-refractivity contribution in [3.63, 3.8) is 0 Å². The Balaban J connectivity index is 2.43. The molecular formula is C17H30N2O6Si. The number of rotatable bonds is 5. The standard InChI is InChI=1S/C17H30N2O6Si/c1-10(20)12-13(25-26(6,7)17(2,3)4)14(23-5)15(24-12)19-9-8-11(21)18-16(19)22/h8-10,12-15,20H,1-7H3,(H,18,21,22)/t10-,12-,13?,14+,15-/m1/s1. The second-order valence-corrected chi connectivity index (χ2v) is 13.0. The summed E-state index contributed by atoms with van der Waals surface area (Å²) in [4.78, 5) is 25.8. The summed E-state index contributed by atoms with van der Waals surface area (Å²) in [6.07, 6.45) is -2.05. The number of hydrogen-bond donors (Lipinski definition) is 2. The molecule has 1 saturated heterocycles. The molecule has 26 heavy (non-hydrogen) atoms. The predicted octanol–water partition coefficient (Wildman–Crippen LogP) is 1.22. The third-order valence-corrected chi connectivity index (χ3v) is 9.81. The third kappa shape index (κ3) is 4.01. The fraction of sp³-hybridized carbons (Fsp3) is 0.765. The number of H-pyrrole nitrogens is 1. The van der Waals surface area contributed by atoms with Crippen LogP contribution in [0.4, 0.5) is 0 Å². The van der Waals surface area contributed by atoms with Gasteiger partial charge in [0.1, 0.15) is 18.3 Å². The van der Waals surface area contributed by atoms with Crippen LogP contribution in [0.15, 0.2) is 21.9 Å². The van der Waals surface area contributed by atoms with E-state index in [1.54, 1.807) is 6.92 Å². The largest absolute Gasteiger partial charge is 0.408 e. The highest BCUT2D eigenvalue weighted by atomic mass is 28.4. The number of methoxy groups -OCH3 is 1. The quantitative estimate of drug-likeness (QED) is 0.738. The van der Waals surface area contributed by atoms with Crippen molar-refractivity contribution in [3.05, 3.63) is 33.1 Å². The first-order chi connectivity index (χ1) is 11.9. The van der Waals surface area contributed by atoms with Crippen molar-refractivity contribution in [2.45, 2.75) is 76.5 Å². The van der Waals surface area contributed by atoms with Gasteiger partial charge in [0.05, 0.1) is 6.10 Å². The number of nitrogens with zero attached hydrogens (tertiary/aromatic N) is 1. The Morgan fingerprint density at radius 1 is 1.31 bits per heavy atom. The molecule has 1 unspecified atom stereocenters. The van der Waals surface area contributed by atoms with E-state index in [-0.39, 0.29) is 5.04 Å².